The lowest BCUT2D eigenvalue weighted by Gasteiger charge is -2.40. The van der Waals surface area contributed by atoms with Gasteiger partial charge in [-0.15, -0.1) is 0 Å². The van der Waals surface area contributed by atoms with E-state index in [4.69, 9.17) is 25.8 Å². The molecule has 8 heteroatoms. The second kappa shape index (κ2) is 9.83. The Morgan fingerprint density at radius 2 is 1.77 bits per heavy atom. The van der Waals surface area contributed by atoms with Crippen molar-refractivity contribution in [3.05, 3.63) is 64.2 Å². The van der Waals surface area contributed by atoms with Crippen molar-refractivity contribution in [1.82, 2.24) is 0 Å². The molecule has 6 atom stereocenters. The zero-order valence-corrected chi connectivity index (χ0v) is 17.7. The van der Waals surface area contributed by atoms with E-state index in [1.54, 1.807) is 12.1 Å². The van der Waals surface area contributed by atoms with Crippen LogP contribution in [0.15, 0.2) is 42.5 Å². The third kappa shape index (κ3) is 5.04. The van der Waals surface area contributed by atoms with Gasteiger partial charge in [0.25, 0.3) is 0 Å². The molecule has 0 aliphatic carbocycles. The number of ether oxygens (including phenoxy) is 3. The van der Waals surface area contributed by atoms with Gasteiger partial charge in [-0.2, -0.15) is 0 Å². The highest BCUT2D eigenvalue weighted by molar-refractivity contribution is 6.31. The molecule has 2 aliphatic rings. The molecule has 2 aromatic carbocycles. The fourth-order valence-electron chi connectivity index (χ4n) is 3.99. The summed E-state index contributed by atoms with van der Waals surface area (Å²) in [5.41, 5.74) is 2.47. The summed E-state index contributed by atoms with van der Waals surface area (Å²) in [7, 11) is 0. The van der Waals surface area contributed by atoms with Crippen LogP contribution in [0.5, 0.6) is 5.75 Å². The maximum absolute atomic E-state index is 10.4. The molecule has 31 heavy (non-hydrogen) atoms. The molecule has 0 saturated carbocycles. The molecule has 0 amide bonds. The Kier molecular flexibility index (Phi) is 7.13. The first-order valence-electron chi connectivity index (χ1n) is 10.4. The number of hydrogen-bond acceptors (Lipinski definition) is 7. The fourth-order valence-corrected chi connectivity index (χ4v) is 4.17. The summed E-state index contributed by atoms with van der Waals surface area (Å²) in [6.07, 6.45) is -4.46. The molecule has 168 valence electrons. The second-order valence-electron chi connectivity index (χ2n) is 8.02. The van der Waals surface area contributed by atoms with Crippen molar-refractivity contribution in [2.75, 3.05) is 19.8 Å². The summed E-state index contributed by atoms with van der Waals surface area (Å²) < 4.78 is 16.9. The van der Waals surface area contributed by atoms with E-state index < -0.39 is 37.1 Å². The molecule has 2 heterocycles. The molecule has 0 spiro atoms. The van der Waals surface area contributed by atoms with Crippen LogP contribution in [0.25, 0.3) is 0 Å². The van der Waals surface area contributed by atoms with Crippen molar-refractivity contribution in [3.63, 3.8) is 0 Å². The first-order valence-corrected chi connectivity index (χ1v) is 10.8. The molecule has 4 N–H and O–H groups in total. The molecule has 2 fully saturated rings. The largest absolute Gasteiger partial charge is 0.488 e. The van der Waals surface area contributed by atoms with Gasteiger partial charge < -0.3 is 34.6 Å². The standard InChI is InChI=1S/C23H27ClO7/c24-18-6-3-14(23-22(28)21(27)20(26)19(11-25)31-23)10-15(18)9-13-1-4-16(5-2-13)30-17-7-8-29-12-17/h1-6,10,17,19-23,25-28H,7-9,11-12H2/t17-,19+,20?,21-,22?,23-/m0/s1. The average molecular weight is 451 g/mol. The highest BCUT2D eigenvalue weighted by Gasteiger charge is 2.44. The number of hydrogen-bond donors (Lipinski definition) is 4. The predicted molar refractivity (Wildman–Crippen MR) is 113 cm³/mol. The van der Waals surface area contributed by atoms with Gasteiger partial charge >= 0.3 is 0 Å². The minimum atomic E-state index is -1.42. The fraction of sp³-hybridized carbons (Fsp3) is 0.478. The Morgan fingerprint density at radius 1 is 1.00 bits per heavy atom. The zero-order valence-electron chi connectivity index (χ0n) is 16.9. The minimum absolute atomic E-state index is 0.0931. The van der Waals surface area contributed by atoms with Crippen LogP contribution in [-0.4, -0.2) is 70.8 Å². The first kappa shape index (κ1) is 22.5. The number of aliphatic hydroxyl groups is 4. The maximum Gasteiger partial charge on any atom is 0.124 e. The van der Waals surface area contributed by atoms with Crippen molar-refractivity contribution in [3.8, 4) is 5.75 Å². The van der Waals surface area contributed by atoms with E-state index in [0.717, 1.165) is 29.9 Å². The molecular weight excluding hydrogens is 424 g/mol. The Hall–Kier alpha value is -1.71. The van der Waals surface area contributed by atoms with Crippen LogP contribution in [0, 0.1) is 0 Å². The molecule has 2 saturated heterocycles. The Bertz CT molecular complexity index is 867. The molecule has 7 nitrogen and oxygen atoms in total. The monoisotopic (exact) mass is 450 g/mol. The predicted octanol–water partition coefficient (Wildman–Crippen LogP) is 1.61. The molecule has 0 bridgehead atoms. The van der Waals surface area contributed by atoms with Crippen LogP contribution in [0.2, 0.25) is 5.02 Å². The molecule has 2 aromatic rings. The quantitative estimate of drug-likeness (QED) is 0.529. The number of halogens is 1. The van der Waals surface area contributed by atoms with Crippen LogP contribution < -0.4 is 4.74 Å². The van der Waals surface area contributed by atoms with Crippen LogP contribution in [0.3, 0.4) is 0 Å². The van der Waals surface area contributed by atoms with Crippen molar-refractivity contribution < 1.29 is 34.6 Å². The van der Waals surface area contributed by atoms with Gasteiger partial charge in [-0.05, 0) is 41.3 Å². The third-order valence-corrected chi connectivity index (χ3v) is 6.17. The number of aliphatic hydroxyl groups excluding tert-OH is 4. The zero-order chi connectivity index (χ0) is 22.0. The number of benzene rings is 2. The average Bonchev–Trinajstić information content (AvgIpc) is 3.28. The molecule has 0 radical (unpaired) electrons. The lowest BCUT2D eigenvalue weighted by atomic mass is 9.90. The molecule has 2 unspecified atom stereocenters. The Morgan fingerprint density at radius 3 is 2.45 bits per heavy atom. The summed E-state index contributed by atoms with van der Waals surface area (Å²) in [6.45, 7) is 0.872. The summed E-state index contributed by atoms with van der Waals surface area (Å²) in [5.74, 6) is 0.792. The van der Waals surface area contributed by atoms with Crippen LogP contribution in [0.4, 0.5) is 0 Å². The van der Waals surface area contributed by atoms with Gasteiger partial charge in [0.05, 0.1) is 19.8 Å². The van der Waals surface area contributed by atoms with E-state index in [1.807, 2.05) is 30.3 Å². The van der Waals surface area contributed by atoms with Gasteiger partial charge in [0.1, 0.15) is 42.4 Å². The van der Waals surface area contributed by atoms with E-state index >= 15 is 0 Å². The van der Waals surface area contributed by atoms with Crippen molar-refractivity contribution in [2.45, 2.75) is 49.5 Å². The van der Waals surface area contributed by atoms with E-state index in [9.17, 15) is 20.4 Å². The first-order chi connectivity index (χ1) is 15.0. The van der Waals surface area contributed by atoms with Crippen LogP contribution >= 0.6 is 11.6 Å². The summed E-state index contributed by atoms with van der Waals surface area (Å²) in [5, 5.41) is 40.5. The summed E-state index contributed by atoms with van der Waals surface area (Å²) >= 11 is 6.40. The minimum Gasteiger partial charge on any atom is -0.488 e. The third-order valence-electron chi connectivity index (χ3n) is 5.80. The Labute approximate surface area is 185 Å². The van der Waals surface area contributed by atoms with Gasteiger partial charge in [0, 0.05) is 11.4 Å². The normalized spacial score (nSPS) is 31.0. The lowest BCUT2D eigenvalue weighted by molar-refractivity contribution is -0.231. The summed E-state index contributed by atoms with van der Waals surface area (Å²) in [6, 6.07) is 13.0. The molecular formula is C23H27ClO7. The second-order valence-corrected chi connectivity index (χ2v) is 8.43. The van der Waals surface area contributed by atoms with E-state index in [-0.39, 0.29) is 6.10 Å². The van der Waals surface area contributed by atoms with Gasteiger partial charge in [-0.3, -0.25) is 0 Å². The van der Waals surface area contributed by atoms with Crippen molar-refractivity contribution in [2.24, 2.45) is 0 Å². The smallest absolute Gasteiger partial charge is 0.124 e. The van der Waals surface area contributed by atoms with Gasteiger partial charge in [-0.1, -0.05) is 35.9 Å². The SMILES string of the molecule is OC[C@H]1O[C@@H](c2ccc(Cl)c(Cc3ccc(O[C@H]4CCOC4)cc3)c2)C(O)[C@@H](O)C1O. The van der Waals surface area contributed by atoms with Crippen LogP contribution in [0.1, 0.15) is 29.2 Å². The van der Waals surface area contributed by atoms with E-state index in [1.165, 1.54) is 0 Å². The Balaban J connectivity index is 1.49. The maximum atomic E-state index is 10.4. The summed E-state index contributed by atoms with van der Waals surface area (Å²) in [4.78, 5) is 0. The van der Waals surface area contributed by atoms with E-state index in [0.29, 0.717) is 23.6 Å². The highest BCUT2D eigenvalue weighted by Crippen LogP contribution is 2.34. The molecule has 0 aromatic heterocycles. The van der Waals surface area contributed by atoms with Gasteiger partial charge in [0.15, 0.2) is 0 Å². The van der Waals surface area contributed by atoms with E-state index in [2.05, 4.69) is 0 Å². The van der Waals surface area contributed by atoms with Crippen molar-refractivity contribution >= 4 is 11.6 Å². The lowest BCUT2D eigenvalue weighted by Crippen LogP contribution is -2.55. The van der Waals surface area contributed by atoms with Gasteiger partial charge in [0.2, 0.25) is 0 Å². The highest BCUT2D eigenvalue weighted by atomic mass is 35.5. The topological polar surface area (TPSA) is 109 Å². The van der Waals surface area contributed by atoms with Crippen LogP contribution in [-0.2, 0) is 15.9 Å². The van der Waals surface area contributed by atoms with Gasteiger partial charge in [-0.25, -0.2) is 0 Å². The molecule has 2 aliphatic heterocycles. The number of rotatable bonds is 6. The van der Waals surface area contributed by atoms with Crippen molar-refractivity contribution in [1.29, 1.82) is 0 Å². The molecule has 4 rings (SSSR count).